The maximum Gasteiger partial charge on any atom is 0.328 e. The molecule has 0 aliphatic rings. The fourth-order valence-corrected chi connectivity index (χ4v) is 1.90. The summed E-state index contributed by atoms with van der Waals surface area (Å²) in [4.78, 5) is 10.9. The first kappa shape index (κ1) is 13.2. The van der Waals surface area contributed by atoms with Crippen LogP contribution in [-0.2, 0) is 4.79 Å². The van der Waals surface area contributed by atoms with E-state index in [2.05, 4.69) is 0 Å². The third kappa shape index (κ3) is 3.60. The maximum atomic E-state index is 10.4. The quantitative estimate of drug-likeness (QED) is 0.522. The van der Waals surface area contributed by atoms with E-state index in [1.807, 2.05) is 54.6 Å². The van der Waals surface area contributed by atoms with Gasteiger partial charge in [-0.1, -0.05) is 66.8 Å². The third-order valence-corrected chi connectivity index (χ3v) is 3.03. The summed E-state index contributed by atoms with van der Waals surface area (Å²) in [6.45, 7) is 0. The van der Waals surface area contributed by atoms with Crippen molar-refractivity contribution in [3.05, 3.63) is 72.3 Å². The molecule has 19 heavy (non-hydrogen) atoms. The van der Waals surface area contributed by atoms with Gasteiger partial charge in [0.05, 0.1) is 0 Å². The van der Waals surface area contributed by atoms with E-state index in [1.165, 1.54) is 6.08 Å². The highest BCUT2D eigenvalue weighted by molar-refractivity contribution is 7.81. The second kappa shape index (κ2) is 6.07. The lowest BCUT2D eigenvalue weighted by molar-refractivity contribution is -0.131. The van der Waals surface area contributed by atoms with Gasteiger partial charge in [0, 0.05) is 10.9 Å². The minimum Gasteiger partial charge on any atom is -0.478 e. The van der Waals surface area contributed by atoms with Crippen LogP contribution in [-0.4, -0.2) is 15.9 Å². The molecular weight excluding hydrogens is 256 g/mol. The number of allylic oxidation sites excluding steroid dienone is 1. The van der Waals surface area contributed by atoms with Crippen molar-refractivity contribution in [1.29, 1.82) is 0 Å². The summed E-state index contributed by atoms with van der Waals surface area (Å²) in [6.07, 6.45) is 2.47. The van der Waals surface area contributed by atoms with E-state index in [-0.39, 0.29) is 0 Å². The molecule has 2 aromatic carbocycles. The molecule has 94 valence electrons. The minimum absolute atomic E-state index is 0.516. The molecule has 0 aliphatic carbocycles. The summed E-state index contributed by atoms with van der Waals surface area (Å²) in [6, 6.07) is 17.8. The van der Waals surface area contributed by atoms with E-state index in [4.69, 9.17) is 17.3 Å². The second-order valence-corrected chi connectivity index (χ2v) is 4.42. The standard InChI is InChI=1S/C16H12O2S/c17-16(18)11-10-15(19)14-8-6-13(7-9-14)12-4-2-1-3-5-12/h1-11H,(H,17,18)/b11-10+. The zero-order valence-electron chi connectivity index (χ0n) is 10.1. The van der Waals surface area contributed by atoms with Gasteiger partial charge < -0.3 is 5.11 Å². The molecule has 0 radical (unpaired) electrons. The second-order valence-electron chi connectivity index (χ2n) is 3.98. The van der Waals surface area contributed by atoms with Crippen LogP contribution in [0.3, 0.4) is 0 Å². The number of rotatable bonds is 4. The predicted octanol–water partition coefficient (Wildman–Crippen LogP) is 3.71. The van der Waals surface area contributed by atoms with Gasteiger partial charge in [-0.25, -0.2) is 4.79 Å². The van der Waals surface area contributed by atoms with Gasteiger partial charge in [0.25, 0.3) is 0 Å². The lowest BCUT2D eigenvalue weighted by atomic mass is 10.0. The van der Waals surface area contributed by atoms with Crippen LogP contribution in [0.5, 0.6) is 0 Å². The SMILES string of the molecule is O=C(O)/C=C/C(=S)c1ccc(-c2ccccc2)cc1. The highest BCUT2D eigenvalue weighted by atomic mass is 32.1. The largest absolute Gasteiger partial charge is 0.478 e. The Morgan fingerprint density at radius 3 is 2.05 bits per heavy atom. The Morgan fingerprint density at radius 2 is 1.47 bits per heavy atom. The van der Waals surface area contributed by atoms with Gasteiger partial charge in [0.15, 0.2) is 0 Å². The van der Waals surface area contributed by atoms with Crippen LogP contribution < -0.4 is 0 Å². The molecule has 0 saturated carbocycles. The first-order valence-electron chi connectivity index (χ1n) is 5.77. The fourth-order valence-electron chi connectivity index (χ4n) is 1.70. The molecule has 3 heteroatoms. The zero-order chi connectivity index (χ0) is 13.7. The van der Waals surface area contributed by atoms with Crippen molar-refractivity contribution in [2.45, 2.75) is 0 Å². The van der Waals surface area contributed by atoms with Crippen LogP contribution >= 0.6 is 12.2 Å². The average Bonchev–Trinajstić information content (AvgIpc) is 2.46. The van der Waals surface area contributed by atoms with Crippen LogP contribution in [0.1, 0.15) is 5.56 Å². The molecule has 0 amide bonds. The van der Waals surface area contributed by atoms with E-state index in [9.17, 15) is 4.79 Å². The van der Waals surface area contributed by atoms with Crippen molar-refractivity contribution in [1.82, 2.24) is 0 Å². The van der Waals surface area contributed by atoms with Gasteiger partial charge in [0.1, 0.15) is 0 Å². The number of thiocarbonyl (C=S) groups is 1. The highest BCUT2D eigenvalue weighted by Gasteiger charge is 2.00. The van der Waals surface area contributed by atoms with Gasteiger partial charge in [-0.15, -0.1) is 0 Å². The summed E-state index contributed by atoms with van der Waals surface area (Å²) < 4.78 is 0. The molecule has 0 atom stereocenters. The van der Waals surface area contributed by atoms with Crippen molar-refractivity contribution in [3.63, 3.8) is 0 Å². The van der Waals surface area contributed by atoms with Crippen LogP contribution in [0.25, 0.3) is 11.1 Å². The van der Waals surface area contributed by atoms with E-state index >= 15 is 0 Å². The number of carbonyl (C=O) groups is 1. The van der Waals surface area contributed by atoms with E-state index in [1.54, 1.807) is 0 Å². The molecule has 0 unspecified atom stereocenters. The lowest BCUT2D eigenvalue weighted by Gasteiger charge is -2.03. The van der Waals surface area contributed by atoms with E-state index in [0.29, 0.717) is 4.86 Å². The normalized spacial score (nSPS) is 10.5. The summed E-state index contributed by atoms with van der Waals surface area (Å²) >= 11 is 5.15. The lowest BCUT2D eigenvalue weighted by Crippen LogP contribution is -1.95. The number of hydrogen-bond donors (Lipinski definition) is 1. The predicted molar refractivity (Wildman–Crippen MR) is 80.4 cm³/mol. The summed E-state index contributed by atoms with van der Waals surface area (Å²) in [5.74, 6) is -0.997. The van der Waals surface area contributed by atoms with Crippen molar-refractivity contribution >= 4 is 23.1 Å². The molecule has 0 bridgehead atoms. The molecule has 2 rings (SSSR count). The summed E-state index contributed by atoms with van der Waals surface area (Å²) in [7, 11) is 0. The maximum absolute atomic E-state index is 10.4. The first-order chi connectivity index (χ1) is 9.16. The topological polar surface area (TPSA) is 37.3 Å². The number of benzene rings is 2. The molecule has 0 aromatic heterocycles. The Kier molecular flexibility index (Phi) is 4.21. The average molecular weight is 268 g/mol. The molecule has 0 saturated heterocycles. The molecule has 0 spiro atoms. The molecule has 2 aromatic rings. The van der Waals surface area contributed by atoms with Crippen molar-refractivity contribution < 1.29 is 9.90 Å². The zero-order valence-corrected chi connectivity index (χ0v) is 10.9. The van der Waals surface area contributed by atoms with Gasteiger partial charge in [-0.2, -0.15) is 0 Å². The summed E-state index contributed by atoms with van der Waals surface area (Å²) in [5, 5.41) is 8.56. The molecular formula is C16H12O2S. The highest BCUT2D eigenvalue weighted by Crippen LogP contribution is 2.19. The molecule has 0 heterocycles. The van der Waals surface area contributed by atoms with E-state index < -0.39 is 5.97 Å². The van der Waals surface area contributed by atoms with Crippen molar-refractivity contribution in [2.75, 3.05) is 0 Å². The third-order valence-electron chi connectivity index (χ3n) is 2.65. The van der Waals surface area contributed by atoms with Gasteiger partial charge in [-0.05, 0) is 22.8 Å². The fraction of sp³-hybridized carbons (Fsp3) is 0. The Labute approximate surface area is 117 Å². The Bertz CT molecular complexity index is 613. The van der Waals surface area contributed by atoms with Crippen LogP contribution in [0.15, 0.2) is 66.7 Å². The number of aliphatic carboxylic acids is 1. The Hall–Kier alpha value is -2.26. The molecule has 1 N–H and O–H groups in total. The smallest absolute Gasteiger partial charge is 0.328 e. The number of carboxylic acids is 1. The monoisotopic (exact) mass is 268 g/mol. The minimum atomic E-state index is -0.997. The molecule has 0 aliphatic heterocycles. The van der Waals surface area contributed by atoms with E-state index in [0.717, 1.165) is 22.8 Å². The molecule has 2 nitrogen and oxygen atoms in total. The van der Waals surface area contributed by atoms with Gasteiger partial charge >= 0.3 is 5.97 Å². The number of carboxylic acid groups (broad SMARTS) is 1. The number of hydrogen-bond acceptors (Lipinski definition) is 2. The van der Waals surface area contributed by atoms with Crippen LogP contribution in [0.4, 0.5) is 0 Å². The van der Waals surface area contributed by atoms with Crippen molar-refractivity contribution in [3.8, 4) is 11.1 Å². The van der Waals surface area contributed by atoms with Gasteiger partial charge in [0.2, 0.25) is 0 Å². The van der Waals surface area contributed by atoms with Crippen LogP contribution in [0, 0.1) is 0 Å². The van der Waals surface area contributed by atoms with Gasteiger partial charge in [-0.3, -0.25) is 0 Å². The summed E-state index contributed by atoms with van der Waals surface area (Å²) in [5.41, 5.74) is 3.09. The Balaban J connectivity index is 2.19. The molecule has 0 fully saturated rings. The first-order valence-corrected chi connectivity index (χ1v) is 6.18. The Morgan fingerprint density at radius 1 is 0.895 bits per heavy atom. The van der Waals surface area contributed by atoms with Crippen molar-refractivity contribution in [2.24, 2.45) is 0 Å². The van der Waals surface area contributed by atoms with Crippen LogP contribution in [0.2, 0.25) is 0 Å².